The third kappa shape index (κ3) is 3.80. The molecule has 0 saturated heterocycles. The van der Waals surface area contributed by atoms with Crippen molar-refractivity contribution in [2.75, 3.05) is 17.7 Å². The van der Waals surface area contributed by atoms with Crippen LogP contribution in [0, 0.1) is 16.0 Å². The van der Waals surface area contributed by atoms with E-state index in [1.54, 1.807) is 7.05 Å². The number of nitrogens with zero attached hydrogens (tertiary/aromatic N) is 2. The van der Waals surface area contributed by atoms with E-state index in [0.717, 1.165) is 0 Å². The number of nitrogens with one attached hydrogen (secondary N) is 2. The average molecular weight is 267 g/mol. The first-order valence-corrected chi connectivity index (χ1v) is 5.75. The Balaban J connectivity index is 3.08. The minimum atomic E-state index is -0.640. The smallest absolute Gasteiger partial charge is 0.276 e. The van der Waals surface area contributed by atoms with E-state index in [2.05, 4.69) is 15.6 Å². The fourth-order valence-electron chi connectivity index (χ4n) is 1.55. The first kappa shape index (κ1) is 14.7. The van der Waals surface area contributed by atoms with Crippen molar-refractivity contribution >= 4 is 23.2 Å². The number of primary amides is 1. The summed E-state index contributed by atoms with van der Waals surface area (Å²) >= 11 is 0. The molecule has 1 aromatic heterocycles. The molecule has 1 aromatic rings. The second-order valence-corrected chi connectivity index (χ2v) is 4.37. The SMILES string of the molecule is CNc1cc([N+](=O)[O-])cc(NC(C(N)=O)C(C)C)n1. The van der Waals surface area contributed by atoms with Gasteiger partial charge in [-0.25, -0.2) is 4.98 Å². The van der Waals surface area contributed by atoms with Crippen LogP contribution < -0.4 is 16.4 Å². The summed E-state index contributed by atoms with van der Waals surface area (Å²) in [6.45, 7) is 3.64. The molecule has 1 atom stereocenters. The van der Waals surface area contributed by atoms with Gasteiger partial charge in [-0.3, -0.25) is 14.9 Å². The Bertz CT molecular complexity index is 489. The van der Waals surface area contributed by atoms with Gasteiger partial charge >= 0.3 is 0 Å². The van der Waals surface area contributed by atoms with E-state index >= 15 is 0 Å². The zero-order valence-corrected chi connectivity index (χ0v) is 11.0. The molecule has 0 spiro atoms. The van der Waals surface area contributed by atoms with Crippen LogP contribution in [-0.2, 0) is 4.79 Å². The van der Waals surface area contributed by atoms with E-state index in [4.69, 9.17) is 5.73 Å². The van der Waals surface area contributed by atoms with Crippen LogP contribution in [0.5, 0.6) is 0 Å². The van der Waals surface area contributed by atoms with Crippen molar-refractivity contribution in [2.24, 2.45) is 11.7 Å². The molecule has 1 heterocycles. The number of rotatable bonds is 6. The Hall–Kier alpha value is -2.38. The van der Waals surface area contributed by atoms with E-state index in [9.17, 15) is 14.9 Å². The number of carbonyl (C=O) groups is 1. The molecule has 0 fully saturated rings. The maximum absolute atomic E-state index is 11.3. The van der Waals surface area contributed by atoms with Gasteiger partial charge in [0.2, 0.25) is 5.91 Å². The molecule has 0 saturated carbocycles. The van der Waals surface area contributed by atoms with Gasteiger partial charge in [0, 0.05) is 7.05 Å². The highest BCUT2D eigenvalue weighted by molar-refractivity contribution is 5.83. The number of hydrogen-bond acceptors (Lipinski definition) is 6. The van der Waals surface area contributed by atoms with Gasteiger partial charge in [0.25, 0.3) is 5.69 Å². The van der Waals surface area contributed by atoms with Crippen LogP contribution >= 0.6 is 0 Å². The van der Waals surface area contributed by atoms with Gasteiger partial charge in [-0.05, 0) is 5.92 Å². The van der Waals surface area contributed by atoms with Crippen molar-refractivity contribution in [2.45, 2.75) is 19.9 Å². The average Bonchev–Trinajstić information content (AvgIpc) is 2.34. The number of pyridine rings is 1. The molecule has 8 heteroatoms. The second kappa shape index (κ2) is 5.98. The predicted molar refractivity (Wildman–Crippen MR) is 71.9 cm³/mol. The van der Waals surface area contributed by atoms with Crippen molar-refractivity contribution in [1.82, 2.24) is 4.98 Å². The number of anilines is 2. The van der Waals surface area contributed by atoms with Gasteiger partial charge in [-0.1, -0.05) is 13.8 Å². The van der Waals surface area contributed by atoms with Crippen LogP contribution in [-0.4, -0.2) is 28.9 Å². The summed E-state index contributed by atoms with van der Waals surface area (Å²) in [6, 6.07) is 1.93. The first-order valence-electron chi connectivity index (χ1n) is 5.75. The summed E-state index contributed by atoms with van der Waals surface area (Å²) in [6.07, 6.45) is 0. The number of nitrogens with two attached hydrogens (primary N) is 1. The normalized spacial score (nSPS) is 12.0. The molecular formula is C11H17N5O3. The molecule has 104 valence electrons. The van der Waals surface area contributed by atoms with Gasteiger partial charge in [0.05, 0.1) is 17.1 Å². The molecule has 8 nitrogen and oxygen atoms in total. The van der Waals surface area contributed by atoms with Gasteiger partial charge in [-0.2, -0.15) is 0 Å². The highest BCUT2D eigenvalue weighted by Crippen LogP contribution is 2.21. The molecule has 1 amide bonds. The lowest BCUT2D eigenvalue weighted by Crippen LogP contribution is -2.39. The van der Waals surface area contributed by atoms with Crippen LogP contribution in [0.25, 0.3) is 0 Å². The van der Waals surface area contributed by atoms with E-state index in [1.807, 2.05) is 13.8 Å². The highest BCUT2D eigenvalue weighted by Gasteiger charge is 2.21. The summed E-state index contributed by atoms with van der Waals surface area (Å²) in [5.74, 6) is -0.0226. The molecule has 4 N–H and O–H groups in total. The third-order valence-electron chi connectivity index (χ3n) is 2.55. The molecule has 0 aliphatic heterocycles. The molecule has 0 aliphatic carbocycles. The third-order valence-corrected chi connectivity index (χ3v) is 2.55. The zero-order valence-electron chi connectivity index (χ0n) is 11.0. The van der Waals surface area contributed by atoms with Crippen LogP contribution in [0.3, 0.4) is 0 Å². The van der Waals surface area contributed by atoms with Crippen molar-refractivity contribution in [3.63, 3.8) is 0 Å². The summed E-state index contributed by atoms with van der Waals surface area (Å²) in [7, 11) is 1.60. The van der Waals surface area contributed by atoms with E-state index in [1.165, 1.54) is 12.1 Å². The molecular weight excluding hydrogens is 250 g/mol. The Labute approximate surface area is 110 Å². The standard InChI is InChI=1S/C11H17N5O3/c1-6(2)10(11(12)17)15-9-5-7(16(18)19)4-8(13-3)14-9/h4-6,10H,1-3H3,(H2,12,17)(H2,13,14,15). The maximum atomic E-state index is 11.3. The fraction of sp³-hybridized carbons (Fsp3) is 0.455. The topological polar surface area (TPSA) is 123 Å². The number of nitro groups is 1. The monoisotopic (exact) mass is 267 g/mol. The molecule has 0 aliphatic rings. The number of carbonyl (C=O) groups excluding carboxylic acids is 1. The van der Waals surface area contributed by atoms with Crippen LogP contribution in [0.2, 0.25) is 0 Å². The first-order chi connectivity index (χ1) is 8.85. The molecule has 0 radical (unpaired) electrons. The Kier molecular flexibility index (Phi) is 4.62. The lowest BCUT2D eigenvalue weighted by atomic mass is 10.0. The number of aromatic nitrogens is 1. The van der Waals surface area contributed by atoms with E-state index in [-0.39, 0.29) is 17.4 Å². The lowest BCUT2D eigenvalue weighted by Gasteiger charge is -2.19. The van der Waals surface area contributed by atoms with Gasteiger partial charge in [0.15, 0.2) is 0 Å². The number of hydrogen-bond donors (Lipinski definition) is 3. The van der Waals surface area contributed by atoms with Crippen molar-refractivity contribution in [1.29, 1.82) is 0 Å². The molecule has 1 unspecified atom stereocenters. The molecule has 0 aromatic carbocycles. The van der Waals surface area contributed by atoms with Crippen LogP contribution in [0.1, 0.15) is 13.8 Å². The quantitative estimate of drug-likeness (QED) is 0.521. The summed E-state index contributed by atoms with van der Waals surface area (Å²) in [5.41, 5.74) is 5.16. The van der Waals surface area contributed by atoms with Gasteiger partial charge in [0.1, 0.15) is 17.7 Å². The van der Waals surface area contributed by atoms with Crippen LogP contribution in [0.4, 0.5) is 17.3 Å². The van der Waals surface area contributed by atoms with Crippen LogP contribution in [0.15, 0.2) is 12.1 Å². The fourth-order valence-corrected chi connectivity index (χ4v) is 1.55. The molecule has 19 heavy (non-hydrogen) atoms. The largest absolute Gasteiger partial charge is 0.373 e. The lowest BCUT2D eigenvalue weighted by molar-refractivity contribution is -0.384. The minimum Gasteiger partial charge on any atom is -0.373 e. The van der Waals surface area contributed by atoms with Crippen molar-refractivity contribution in [3.05, 3.63) is 22.2 Å². The van der Waals surface area contributed by atoms with E-state index < -0.39 is 16.9 Å². The van der Waals surface area contributed by atoms with E-state index in [0.29, 0.717) is 5.82 Å². The Morgan fingerprint density at radius 3 is 2.42 bits per heavy atom. The molecule has 0 bridgehead atoms. The molecule has 1 rings (SSSR count). The number of amides is 1. The zero-order chi connectivity index (χ0) is 14.6. The van der Waals surface area contributed by atoms with Gasteiger partial charge < -0.3 is 16.4 Å². The minimum absolute atomic E-state index is 0.0587. The summed E-state index contributed by atoms with van der Waals surface area (Å²) < 4.78 is 0. The van der Waals surface area contributed by atoms with Crippen molar-refractivity contribution in [3.8, 4) is 0 Å². The highest BCUT2D eigenvalue weighted by atomic mass is 16.6. The summed E-state index contributed by atoms with van der Waals surface area (Å²) in [5, 5.41) is 16.3. The summed E-state index contributed by atoms with van der Waals surface area (Å²) in [4.78, 5) is 25.7. The second-order valence-electron chi connectivity index (χ2n) is 4.37. The van der Waals surface area contributed by atoms with Crippen molar-refractivity contribution < 1.29 is 9.72 Å². The Morgan fingerprint density at radius 2 is 2.00 bits per heavy atom. The van der Waals surface area contributed by atoms with Gasteiger partial charge in [-0.15, -0.1) is 0 Å². The Morgan fingerprint density at radius 1 is 1.42 bits per heavy atom. The predicted octanol–water partition coefficient (Wildman–Crippen LogP) is 0.953. The maximum Gasteiger partial charge on any atom is 0.276 e.